The highest BCUT2D eigenvalue weighted by Crippen LogP contribution is 2.57. The van der Waals surface area contributed by atoms with Crippen molar-refractivity contribution in [3.05, 3.63) is 124 Å². The summed E-state index contributed by atoms with van der Waals surface area (Å²) in [6.45, 7) is 0. The smallest absolute Gasteiger partial charge is 0.411 e. The number of alkyl halides is 6. The topological polar surface area (TPSA) is 84.0 Å². The first-order chi connectivity index (χ1) is 21.2. The number of rotatable bonds is 5. The minimum atomic E-state index is -6.05. The maximum absolute atomic E-state index is 14.8. The Bertz CT molecular complexity index is 1890. The number of carbonyl (C=O) groups is 4. The molecule has 4 amide bonds. The van der Waals surface area contributed by atoms with Crippen LogP contribution in [0.3, 0.4) is 0 Å². The van der Waals surface area contributed by atoms with Crippen molar-refractivity contribution >= 4 is 29.3 Å². The molecule has 0 atom stereocenters. The van der Waals surface area contributed by atoms with Crippen LogP contribution in [0.15, 0.2) is 91.0 Å². The first kappa shape index (κ1) is 29.6. The molecule has 4 aromatic carbocycles. The standard InChI is InChI=1S/C32H18F6N2O5/c1-39-26(41)22-13-7-17(15-24(22)27(39)42)30(31(33,34)35,32(36,37)38)18-8-14-23-25(16-18)29(44)40(28(23)43)19-9-11-21(12-10-19)45-20-5-3-2-4-6-20/h2-16H,1H3. The average Bonchev–Trinajstić information content (AvgIpc) is 3.36. The number of para-hydroxylation sites is 1. The van der Waals surface area contributed by atoms with Crippen LogP contribution in [-0.2, 0) is 5.41 Å². The van der Waals surface area contributed by atoms with Crippen LogP contribution in [0.4, 0.5) is 32.0 Å². The van der Waals surface area contributed by atoms with E-state index in [0.29, 0.717) is 45.6 Å². The fourth-order valence-corrected chi connectivity index (χ4v) is 5.57. The van der Waals surface area contributed by atoms with E-state index in [1.807, 2.05) is 0 Å². The van der Waals surface area contributed by atoms with E-state index in [0.717, 1.165) is 19.2 Å². The highest BCUT2D eigenvalue weighted by Gasteiger charge is 2.73. The van der Waals surface area contributed by atoms with Gasteiger partial charge in [0, 0.05) is 7.05 Å². The van der Waals surface area contributed by atoms with Gasteiger partial charge in [0.15, 0.2) is 0 Å². The number of imide groups is 2. The molecule has 4 aromatic rings. The van der Waals surface area contributed by atoms with E-state index in [1.165, 1.54) is 24.3 Å². The van der Waals surface area contributed by atoms with Crippen LogP contribution in [0.1, 0.15) is 52.6 Å². The molecule has 0 bridgehead atoms. The maximum atomic E-state index is 14.8. The second-order valence-corrected chi connectivity index (χ2v) is 10.3. The van der Waals surface area contributed by atoms with E-state index in [2.05, 4.69) is 0 Å². The van der Waals surface area contributed by atoms with Gasteiger partial charge in [-0.05, 0) is 71.8 Å². The molecule has 2 heterocycles. The lowest BCUT2D eigenvalue weighted by Gasteiger charge is -2.38. The summed E-state index contributed by atoms with van der Waals surface area (Å²) < 4.78 is 94.8. The van der Waals surface area contributed by atoms with E-state index >= 15 is 0 Å². The minimum absolute atomic E-state index is 0.00647. The van der Waals surface area contributed by atoms with Crippen LogP contribution in [0, 0.1) is 0 Å². The van der Waals surface area contributed by atoms with Crippen molar-refractivity contribution in [3.63, 3.8) is 0 Å². The molecule has 2 aliphatic rings. The number of carbonyl (C=O) groups excluding carboxylic acids is 4. The number of amides is 4. The summed E-state index contributed by atoms with van der Waals surface area (Å²) in [7, 11) is 1.05. The summed E-state index contributed by atoms with van der Waals surface area (Å²) in [5.41, 5.74) is -9.57. The zero-order chi connectivity index (χ0) is 32.5. The summed E-state index contributed by atoms with van der Waals surface area (Å²) in [4.78, 5) is 52.5. The van der Waals surface area contributed by atoms with Crippen molar-refractivity contribution in [2.24, 2.45) is 0 Å². The van der Waals surface area contributed by atoms with Crippen LogP contribution in [0.25, 0.3) is 0 Å². The number of hydrogen-bond donors (Lipinski definition) is 0. The van der Waals surface area contributed by atoms with Gasteiger partial charge in [-0.25, -0.2) is 4.90 Å². The summed E-state index contributed by atoms with van der Waals surface area (Å²) in [6.07, 6.45) is -12.1. The predicted molar refractivity (Wildman–Crippen MR) is 146 cm³/mol. The van der Waals surface area contributed by atoms with Gasteiger partial charge in [0.25, 0.3) is 23.6 Å². The Morgan fingerprint density at radius 3 is 1.51 bits per heavy atom. The molecular weight excluding hydrogens is 606 g/mol. The normalized spacial score (nSPS) is 15.1. The lowest BCUT2D eigenvalue weighted by atomic mass is 9.71. The monoisotopic (exact) mass is 624 g/mol. The van der Waals surface area contributed by atoms with Crippen LogP contribution in [0.5, 0.6) is 11.5 Å². The zero-order valence-electron chi connectivity index (χ0n) is 22.9. The molecule has 228 valence electrons. The first-order valence-electron chi connectivity index (χ1n) is 13.1. The molecule has 2 aliphatic heterocycles. The number of halogens is 6. The van der Waals surface area contributed by atoms with Gasteiger partial charge in [-0.2, -0.15) is 26.3 Å². The number of nitrogens with zero attached hydrogens (tertiary/aromatic N) is 2. The maximum Gasteiger partial charge on any atom is 0.411 e. The predicted octanol–water partition coefficient (Wildman–Crippen LogP) is 6.92. The quantitative estimate of drug-likeness (QED) is 0.178. The van der Waals surface area contributed by atoms with E-state index < -0.39 is 69.2 Å². The highest BCUT2D eigenvalue weighted by molar-refractivity contribution is 6.34. The Kier molecular flexibility index (Phi) is 6.61. The fourth-order valence-electron chi connectivity index (χ4n) is 5.57. The van der Waals surface area contributed by atoms with Crippen LogP contribution in [0.2, 0.25) is 0 Å². The van der Waals surface area contributed by atoms with Crippen LogP contribution >= 0.6 is 0 Å². The van der Waals surface area contributed by atoms with Gasteiger partial charge < -0.3 is 4.74 Å². The molecule has 0 aromatic heterocycles. The molecule has 6 rings (SSSR count). The molecule has 0 saturated carbocycles. The molecule has 0 spiro atoms. The lowest BCUT2D eigenvalue weighted by Crippen LogP contribution is -2.55. The van der Waals surface area contributed by atoms with E-state index in [9.17, 15) is 45.5 Å². The van der Waals surface area contributed by atoms with Gasteiger partial charge in [0.1, 0.15) is 11.5 Å². The zero-order valence-corrected chi connectivity index (χ0v) is 22.9. The third kappa shape index (κ3) is 4.37. The number of benzene rings is 4. The Labute approximate surface area is 250 Å². The number of ether oxygens (including phenoxy) is 1. The van der Waals surface area contributed by atoms with Crippen LogP contribution in [-0.4, -0.2) is 47.9 Å². The SMILES string of the molecule is CN1C(=O)c2ccc(C(c3ccc4c(c3)C(=O)N(c3ccc(Oc5ccccc5)cc3)C4=O)(C(F)(F)F)C(F)(F)F)cc2C1=O. The Morgan fingerprint density at radius 1 is 0.533 bits per heavy atom. The van der Waals surface area contributed by atoms with Crippen molar-refractivity contribution in [1.82, 2.24) is 4.90 Å². The third-order valence-corrected chi connectivity index (χ3v) is 7.77. The van der Waals surface area contributed by atoms with Crippen LogP contribution < -0.4 is 9.64 Å². The van der Waals surface area contributed by atoms with Gasteiger partial charge in [0.05, 0.1) is 27.9 Å². The summed E-state index contributed by atoms with van der Waals surface area (Å²) in [5, 5.41) is 0. The number of fused-ring (bicyclic) bond motifs is 2. The highest BCUT2D eigenvalue weighted by atomic mass is 19.4. The van der Waals surface area contributed by atoms with E-state index in [4.69, 9.17) is 4.74 Å². The molecular formula is C32H18F6N2O5. The summed E-state index contributed by atoms with van der Waals surface area (Å²) in [6, 6.07) is 17.4. The van der Waals surface area contributed by atoms with E-state index in [1.54, 1.807) is 30.3 Å². The van der Waals surface area contributed by atoms with Gasteiger partial charge >= 0.3 is 12.4 Å². The molecule has 7 nitrogen and oxygen atoms in total. The molecule has 0 aliphatic carbocycles. The first-order valence-corrected chi connectivity index (χ1v) is 13.1. The van der Waals surface area contributed by atoms with Crippen molar-refractivity contribution in [1.29, 1.82) is 0 Å². The van der Waals surface area contributed by atoms with E-state index in [-0.39, 0.29) is 11.3 Å². The largest absolute Gasteiger partial charge is 0.457 e. The molecule has 0 fully saturated rings. The molecule has 0 N–H and O–H groups in total. The van der Waals surface area contributed by atoms with Gasteiger partial charge in [-0.3, -0.25) is 24.1 Å². The van der Waals surface area contributed by atoms with Crippen molar-refractivity contribution in [2.45, 2.75) is 17.8 Å². The molecule has 0 saturated heterocycles. The summed E-state index contributed by atoms with van der Waals surface area (Å²) >= 11 is 0. The Morgan fingerprint density at radius 2 is 0.978 bits per heavy atom. The fraction of sp³-hybridized carbons (Fsp3) is 0.125. The second-order valence-electron chi connectivity index (χ2n) is 10.3. The third-order valence-electron chi connectivity index (χ3n) is 7.77. The molecule has 0 unspecified atom stereocenters. The van der Waals surface area contributed by atoms with Gasteiger partial charge in [-0.1, -0.05) is 30.3 Å². The van der Waals surface area contributed by atoms with Crippen molar-refractivity contribution in [3.8, 4) is 11.5 Å². The molecule has 45 heavy (non-hydrogen) atoms. The summed E-state index contributed by atoms with van der Waals surface area (Å²) in [5.74, 6) is -3.20. The number of hydrogen-bond acceptors (Lipinski definition) is 5. The average molecular weight is 624 g/mol. The van der Waals surface area contributed by atoms with Crippen molar-refractivity contribution in [2.75, 3.05) is 11.9 Å². The Hall–Kier alpha value is -5.46. The second kappa shape index (κ2) is 10.0. The van der Waals surface area contributed by atoms with Gasteiger partial charge in [0.2, 0.25) is 5.41 Å². The minimum Gasteiger partial charge on any atom is -0.457 e. The Balaban J connectivity index is 1.43. The van der Waals surface area contributed by atoms with Crippen molar-refractivity contribution < 1.29 is 50.3 Å². The lowest BCUT2D eigenvalue weighted by molar-refractivity contribution is -0.288. The molecule has 0 radical (unpaired) electrons. The van der Waals surface area contributed by atoms with Gasteiger partial charge in [-0.15, -0.1) is 0 Å². The number of anilines is 1. The molecule has 13 heteroatoms.